The van der Waals surface area contributed by atoms with E-state index >= 15 is 0 Å². The Kier molecular flexibility index (Phi) is 7.26. The molecule has 0 aliphatic heterocycles. The van der Waals surface area contributed by atoms with Crippen LogP contribution in [0.3, 0.4) is 0 Å². The van der Waals surface area contributed by atoms with Gasteiger partial charge in [-0.2, -0.15) is 0 Å². The van der Waals surface area contributed by atoms with Crippen LogP contribution < -0.4 is 4.90 Å². The van der Waals surface area contributed by atoms with Crippen LogP contribution in [0.25, 0.3) is 77.2 Å². The van der Waals surface area contributed by atoms with E-state index in [0.29, 0.717) is 0 Å². The summed E-state index contributed by atoms with van der Waals surface area (Å²) in [6, 6.07) is 82.4. The Morgan fingerprint density at radius 3 is 1.69 bits per heavy atom. The molecule has 0 amide bonds. The van der Waals surface area contributed by atoms with Gasteiger partial charge in [0.2, 0.25) is 0 Å². The monoisotopic (exact) mass is 775 g/mol. The third-order valence-electron chi connectivity index (χ3n) is 13.3. The van der Waals surface area contributed by atoms with E-state index in [-0.39, 0.29) is 0 Å². The molecule has 284 valence electrons. The van der Waals surface area contributed by atoms with Gasteiger partial charge < -0.3 is 9.32 Å². The summed E-state index contributed by atoms with van der Waals surface area (Å²) in [7, 11) is 0. The average Bonchev–Trinajstić information content (AvgIpc) is 3.96. The fourth-order valence-electron chi connectivity index (χ4n) is 10.7. The van der Waals surface area contributed by atoms with Gasteiger partial charge in [-0.25, -0.2) is 0 Å². The molecule has 2 aliphatic rings. The van der Waals surface area contributed by atoms with Crippen LogP contribution in [0.5, 0.6) is 0 Å². The molecular formula is C59H37NO. The van der Waals surface area contributed by atoms with Gasteiger partial charge in [0.1, 0.15) is 11.2 Å². The maximum absolute atomic E-state index is 6.23. The van der Waals surface area contributed by atoms with Gasteiger partial charge in [0.15, 0.2) is 0 Å². The van der Waals surface area contributed by atoms with Gasteiger partial charge in [-0.15, -0.1) is 0 Å². The van der Waals surface area contributed by atoms with Gasteiger partial charge in [-0.05, 0) is 121 Å². The van der Waals surface area contributed by atoms with Crippen LogP contribution in [0, 0.1) is 0 Å². The Morgan fingerprint density at radius 2 is 0.885 bits per heavy atom. The Morgan fingerprint density at radius 1 is 0.328 bits per heavy atom. The van der Waals surface area contributed by atoms with E-state index in [0.717, 1.165) is 50.1 Å². The van der Waals surface area contributed by atoms with Crippen LogP contribution in [0.2, 0.25) is 0 Å². The van der Waals surface area contributed by atoms with E-state index in [1.54, 1.807) is 0 Å². The molecule has 0 fully saturated rings. The number of para-hydroxylation sites is 1. The fraction of sp³-hybridized carbons (Fsp3) is 0.0169. The first-order chi connectivity index (χ1) is 30.3. The second-order valence-corrected chi connectivity index (χ2v) is 16.4. The molecule has 0 N–H and O–H groups in total. The lowest BCUT2D eigenvalue weighted by Crippen LogP contribution is -2.26. The number of anilines is 3. The van der Waals surface area contributed by atoms with Crippen LogP contribution in [-0.4, -0.2) is 0 Å². The number of nitrogens with zero attached hydrogens (tertiary/aromatic N) is 1. The van der Waals surface area contributed by atoms with Crippen molar-refractivity contribution in [3.63, 3.8) is 0 Å². The van der Waals surface area contributed by atoms with Gasteiger partial charge in [-0.1, -0.05) is 176 Å². The maximum Gasteiger partial charge on any atom is 0.135 e. The van der Waals surface area contributed by atoms with Gasteiger partial charge >= 0.3 is 0 Å². The summed E-state index contributed by atoms with van der Waals surface area (Å²) in [4.78, 5) is 2.48. The van der Waals surface area contributed by atoms with Crippen molar-refractivity contribution in [2.24, 2.45) is 0 Å². The molecule has 1 spiro atoms. The number of furan rings is 1. The number of hydrogen-bond acceptors (Lipinski definition) is 2. The van der Waals surface area contributed by atoms with Crippen LogP contribution in [0.15, 0.2) is 229 Å². The largest absolute Gasteiger partial charge is 0.456 e. The third kappa shape index (κ3) is 4.85. The molecular weight excluding hydrogens is 739 g/mol. The quantitative estimate of drug-likeness (QED) is 0.173. The predicted molar refractivity (Wildman–Crippen MR) is 253 cm³/mol. The molecule has 0 saturated carbocycles. The van der Waals surface area contributed by atoms with Gasteiger partial charge in [0.25, 0.3) is 0 Å². The lowest BCUT2D eigenvalue weighted by atomic mass is 9.70. The second-order valence-electron chi connectivity index (χ2n) is 16.4. The topological polar surface area (TPSA) is 16.4 Å². The SMILES string of the molecule is c1cc(-c2ccc3oc4ccccc4c3c2)cc(N(c2ccc(-c3cccc4ccccc34)cc2)c2cccc3c2-c2ccccc2C32c3ccccc3-c3ccccc32)c1. The summed E-state index contributed by atoms with van der Waals surface area (Å²) in [6.45, 7) is 0. The molecule has 2 nitrogen and oxygen atoms in total. The van der Waals surface area contributed by atoms with E-state index < -0.39 is 5.41 Å². The molecule has 0 bridgehead atoms. The second kappa shape index (κ2) is 13.0. The zero-order chi connectivity index (χ0) is 40.1. The zero-order valence-corrected chi connectivity index (χ0v) is 33.2. The highest BCUT2D eigenvalue weighted by atomic mass is 16.3. The standard InChI is InChI=1S/C59H37NO/c1-2-18-44-38(14-1)15-12-23-45(44)39-30-33-42(34-31-39)60(43-17-11-16-40(36-43)41-32-35-57-50(37-41)48-21-6-10-29-56(48)61-57)55-28-13-27-54-58(55)49-22-5-9-26-53(49)59(54)51-24-7-3-19-46(51)47-20-4-8-25-52(47)59/h1-37H. The Labute approximate surface area is 354 Å². The molecule has 1 aromatic heterocycles. The molecule has 1 heterocycles. The van der Waals surface area contributed by atoms with Crippen LogP contribution in [-0.2, 0) is 5.41 Å². The highest BCUT2D eigenvalue weighted by Gasteiger charge is 2.52. The number of benzene rings is 10. The van der Waals surface area contributed by atoms with Crippen LogP contribution >= 0.6 is 0 Å². The first-order valence-corrected chi connectivity index (χ1v) is 21.1. The summed E-state index contributed by atoms with van der Waals surface area (Å²) in [5.74, 6) is 0. The summed E-state index contributed by atoms with van der Waals surface area (Å²) in [5, 5.41) is 4.75. The molecule has 0 unspecified atom stereocenters. The van der Waals surface area contributed by atoms with Crippen molar-refractivity contribution in [2.45, 2.75) is 5.41 Å². The zero-order valence-electron chi connectivity index (χ0n) is 33.2. The number of hydrogen-bond donors (Lipinski definition) is 0. The lowest BCUT2D eigenvalue weighted by Gasteiger charge is -2.32. The van der Waals surface area contributed by atoms with Crippen LogP contribution in [0.4, 0.5) is 17.1 Å². The minimum Gasteiger partial charge on any atom is -0.456 e. The third-order valence-corrected chi connectivity index (χ3v) is 13.3. The lowest BCUT2D eigenvalue weighted by molar-refractivity contribution is 0.669. The van der Waals surface area contributed by atoms with E-state index in [1.807, 2.05) is 12.1 Å². The summed E-state index contributed by atoms with van der Waals surface area (Å²) >= 11 is 0. The van der Waals surface area contributed by atoms with Crippen molar-refractivity contribution in [1.29, 1.82) is 0 Å². The fourth-order valence-corrected chi connectivity index (χ4v) is 10.7. The Hall–Kier alpha value is -7.94. The van der Waals surface area contributed by atoms with Crippen molar-refractivity contribution in [3.05, 3.63) is 247 Å². The predicted octanol–water partition coefficient (Wildman–Crippen LogP) is 15.9. The first-order valence-electron chi connectivity index (χ1n) is 21.1. The highest BCUT2D eigenvalue weighted by molar-refractivity contribution is 6.07. The molecule has 2 heteroatoms. The van der Waals surface area contributed by atoms with Gasteiger partial charge in [0, 0.05) is 27.7 Å². The van der Waals surface area contributed by atoms with Gasteiger partial charge in [0.05, 0.1) is 11.1 Å². The number of rotatable bonds is 5. The van der Waals surface area contributed by atoms with E-state index in [2.05, 4.69) is 217 Å². The average molecular weight is 776 g/mol. The molecule has 0 atom stereocenters. The highest BCUT2D eigenvalue weighted by Crippen LogP contribution is 2.64. The molecule has 13 rings (SSSR count). The van der Waals surface area contributed by atoms with E-state index in [9.17, 15) is 0 Å². The molecule has 2 aliphatic carbocycles. The number of fused-ring (bicyclic) bond motifs is 14. The molecule has 10 aromatic carbocycles. The van der Waals surface area contributed by atoms with Gasteiger partial charge in [-0.3, -0.25) is 0 Å². The molecule has 11 aromatic rings. The molecule has 61 heavy (non-hydrogen) atoms. The molecule has 0 radical (unpaired) electrons. The Bertz CT molecular complexity index is 3500. The van der Waals surface area contributed by atoms with Crippen molar-refractivity contribution < 1.29 is 4.42 Å². The Balaban J connectivity index is 1.04. The maximum atomic E-state index is 6.23. The van der Waals surface area contributed by atoms with Crippen molar-refractivity contribution >= 4 is 49.8 Å². The normalized spacial score (nSPS) is 13.0. The van der Waals surface area contributed by atoms with E-state index in [1.165, 1.54) is 66.4 Å². The van der Waals surface area contributed by atoms with Crippen molar-refractivity contribution in [2.75, 3.05) is 4.90 Å². The van der Waals surface area contributed by atoms with Crippen LogP contribution in [0.1, 0.15) is 22.3 Å². The minimum absolute atomic E-state index is 0.441. The van der Waals surface area contributed by atoms with Crippen molar-refractivity contribution in [1.82, 2.24) is 0 Å². The minimum atomic E-state index is -0.441. The first kappa shape index (κ1) is 34.0. The molecule has 0 saturated heterocycles. The summed E-state index contributed by atoms with van der Waals surface area (Å²) in [6.07, 6.45) is 0. The smallest absolute Gasteiger partial charge is 0.135 e. The van der Waals surface area contributed by atoms with E-state index in [4.69, 9.17) is 4.42 Å². The summed E-state index contributed by atoms with van der Waals surface area (Å²) in [5.41, 5.74) is 19.9. The van der Waals surface area contributed by atoms with Crippen molar-refractivity contribution in [3.8, 4) is 44.5 Å². The summed E-state index contributed by atoms with van der Waals surface area (Å²) < 4.78 is 6.23.